The summed E-state index contributed by atoms with van der Waals surface area (Å²) in [7, 11) is 0. The van der Waals surface area contributed by atoms with Crippen molar-refractivity contribution in [2.24, 2.45) is 10.7 Å². The van der Waals surface area contributed by atoms with E-state index in [0.29, 0.717) is 30.5 Å². The molecule has 0 unspecified atom stereocenters. The average molecular weight is 426 g/mol. The Bertz CT molecular complexity index is 1120. The number of aliphatic imine (C=N–C) groups is 1. The number of hydrogen-bond donors (Lipinski definition) is 1. The van der Waals surface area contributed by atoms with E-state index < -0.39 is 17.8 Å². The second kappa shape index (κ2) is 8.37. The van der Waals surface area contributed by atoms with E-state index >= 15 is 0 Å². The Balaban J connectivity index is 1.52. The molecule has 1 heterocycles. The molecule has 31 heavy (non-hydrogen) atoms. The zero-order valence-corrected chi connectivity index (χ0v) is 16.7. The third-order valence-corrected chi connectivity index (χ3v) is 5.34. The second-order valence-corrected chi connectivity index (χ2v) is 7.47. The number of benzene rings is 2. The van der Waals surface area contributed by atoms with Gasteiger partial charge in [-0.2, -0.15) is 23.3 Å². The highest BCUT2D eigenvalue weighted by Gasteiger charge is 2.39. The van der Waals surface area contributed by atoms with E-state index in [0.717, 1.165) is 22.2 Å². The van der Waals surface area contributed by atoms with Gasteiger partial charge in [0.25, 0.3) is 5.91 Å². The monoisotopic (exact) mass is 426 g/mol. The molecule has 3 aromatic rings. The summed E-state index contributed by atoms with van der Waals surface area (Å²) in [5, 5.41) is 3.69. The van der Waals surface area contributed by atoms with Gasteiger partial charge in [-0.3, -0.25) is 9.48 Å². The lowest BCUT2D eigenvalue weighted by Gasteiger charge is -2.14. The van der Waals surface area contributed by atoms with Gasteiger partial charge in [0.2, 0.25) is 0 Å². The maximum atomic E-state index is 13.3. The highest BCUT2D eigenvalue weighted by Crippen LogP contribution is 2.35. The molecule has 8 heteroatoms. The summed E-state index contributed by atoms with van der Waals surface area (Å²) in [5.74, 6) is -0.629. The highest BCUT2D eigenvalue weighted by atomic mass is 19.4. The number of nitrogens with zero attached hydrogens (tertiary/aromatic N) is 3. The SMILES string of the molecule is NC(=NC(=O)Cn1nc(C(F)(F)F)c2c1CCCC2)c1ccc(-c2ccccc2)cc1. The minimum Gasteiger partial charge on any atom is -0.383 e. The van der Waals surface area contributed by atoms with Crippen LogP contribution in [0.25, 0.3) is 11.1 Å². The number of alkyl halides is 3. The fraction of sp³-hybridized carbons (Fsp3) is 0.261. The maximum Gasteiger partial charge on any atom is 0.435 e. The molecule has 1 aromatic heterocycles. The Morgan fingerprint density at radius 3 is 2.32 bits per heavy atom. The molecule has 0 aliphatic heterocycles. The summed E-state index contributed by atoms with van der Waals surface area (Å²) in [6.07, 6.45) is -2.31. The number of halogens is 3. The van der Waals surface area contributed by atoms with Gasteiger partial charge >= 0.3 is 6.18 Å². The lowest BCUT2D eigenvalue weighted by Crippen LogP contribution is -2.20. The third-order valence-electron chi connectivity index (χ3n) is 5.34. The maximum absolute atomic E-state index is 13.3. The van der Waals surface area contributed by atoms with Crippen LogP contribution in [0.3, 0.4) is 0 Å². The van der Waals surface area contributed by atoms with E-state index in [-0.39, 0.29) is 17.9 Å². The molecule has 5 nitrogen and oxygen atoms in total. The summed E-state index contributed by atoms with van der Waals surface area (Å²) in [4.78, 5) is 16.3. The van der Waals surface area contributed by atoms with Crippen LogP contribution in [-0.4, -0.2) is 21.5 Å². The zero-order chi connectivity index (χ0) is 22.0. The third kappa shape index (κ3) is 4.52. The number of nitrogens with two attached hydrogens (primary N) is 1. The van der Waals surface area contributed by atoms with Crippen molar-refractivity contribution in [1.29, 1.82) is 0 Å². The van der Waals surface area contributed by atoms with Gasteiger partial charge in [0, 0.05) is 16.8 Å². The average Bonchev–Trinajstić information content (AvgIpc) is 3.13. The van der Waals surface area contributed by atoms with E-state index in [2.05, 4.69) is 10.1 Å². The van der Waals surface area contributed by atoms with E-state index in [9.17, 15) is 18.0 Å². The number of amidine groups is 1. The predicted molar refractivity (Wildman–Crippen MR) is 111 cm³/mol. The molecule has 1 amide bonds. The van der Waals surface area contributed by atoms with E-state index in [4.69, 9.17) is 5.73 Å². The Kier molecular flexibility index (Phi) is 5.63. The van der Waals surface area contributed by atoms with Crippen LogP contribution in [0.2, 0.25) is 0 Å². The van der Waals surface area contributed by atoms with Gasteiger partial charge in [-0.05, 0) is 36.8 Å². The van der Waals surface area contributed by atoms with Gasteiger partial charge in [0.05, 0.1) is 0 Å². The number of amides is 1. The molecule has 0 saturated carbocycles. The molecule has 1 aliphatic carbocycles. The van der Waals surface area contributed by atoms with Crippen LogP contribution in [-0.2, 0) is 30.4 Å². The molecule has 2 N–H and O–H groups in total. The number of hydrogen-bond acceptors (Lipinski definition) is 2. The molecule has 0 spiro atoms. The van der Waals surface area contributed by atoms with Crippen LogP contribution < -0.4 is 5.73 Å². The Morgan fingerprint density at radius 2 is 1.65 bits per heavy atom. The molecule has 0 saturated heterocycles. The molecule has 1 aliphatic rings. The van der Waals surface area contributed by atoms with Crippen molar-refractivity contribution in [3.05, 3.63) is 77.1 Å². The summed E-state index contributed by atoms with van der Waals surface area (Å²) >= 11 is 0. The number of carbonyl (C=O) groups excluding carboxylic acids is 1. The highest BCUT2D eigenvalue weighted by molar-refractivity contribution is 6.04. The first-order valence-corrected chi connectivity index (χ1v) is 10.0. The number of rotatable bonds is 4. The molecule has 160 valence electrons. The van der Waals surface area contributed by atoms with E-state index in [1.165, 1.54) is 0 Å². The minimum atomic E-state index is -4.54. The van der Waals surface area contributed by atoms with Crippen molar-refractivity contribution in [1.82, 2.24) is 9.78 Å². The van der Waals surface area contributed by atoms with Crippen molar-refractivity contribution in [3.63, 3.8) is 0 Å². The van der Waals surface area contributed by atoms with Crippen molar-refractivity contribution in [3.8, 4) is 11.1 Å². The van der Waals surface area contributed by atoms with Crippen molar-refractivity contribution in [2.75, 3.05) is 0 Å². The largest absolute Gasteiger partial charge is 0.435 e. The van der Waals surface area contributed by atoms with Gasteiger partial charge in [0.1, 0.15) is 12.4 Å². The van der Waals surface area contributed by atoms with Gasteiger partial charge in [-0.1, -0.05) is 54.6 Å². The van der Waals surface area contributed by atoms with Crippen LogP contribution >= 0.6 is 0 Å². The number of carbonyl (C=O) groups is 1. The van der Waals surface area contributed by atoms with Gasteiger partial charge in [0.15, 0.2) is 5.69 Å². The first kappa shape index (κ1) is 20.8. The quantitative estimate of drug-likeness (QED) is 0.497. The van der Waals surface area contributed by atoms with Gasteiger partial charge in [-0.15, -0.1) is 0 Å². The van der Waals surface area contributed by atoms with Crippen molar-refractivity contribution < 1.29 is 18.0 Å². The zero-order valence-electron chi connectivity index (χ0n) is 16.7. The Labute approximate surface area is 177 Å². The number of aromatic nitrogens is 2. The minimum absolute atomic E-state index is 0.0154. The van der Waals surface area contributed by atoms with Crippen molar-refractivity contribution >= 4 is 11.7 Å². The van der Waals surface area contributed by atoms with Crippen LogP contribution in [0.4, 0.5) is 13.2 Å². The summed E-state index contributed by atoms with van der Waals surface area (Å²) in [6.45, 7) is -0.374. The summed E-state index contributed by atoms with van der Waals surface area (Å²) < 4.78 is 41.0. The van der Waals surface area contributed by atoms with Crippen LogP contribution in [0.5, 0.6) is 0 Å². The molecule has 0 atom stereocenters. The standard InChI is InChI=1S/C23H21F3N4O/c24-23(25,26)21-18-8-4-5-9-19(18)30(29-21)14-20(31)28-22(27)17-12-10-16(11-13-17)15-6-2-1-3-7-15/h1-3,6-7,10-13H,4-5,8-9,14H2,(H2,27,28,31). The fourth-order valence-corrected chi connectivity index (χ4v) is 3.86. The topological polar surface area (TPSA) is 73.3 Å². The molecule has 4 rings (SSSR count). The molecular formula is C23H21F3N4O. The summed E-state index contributed by atoms with van der Waals surface area (Å²) in [5.41, 5.74) is 8.33. The van der Waals surface area contributed by atoms with Crippen molar-refractivity contribution in [2.45, 2.75) is 38.4 Å². The molecular weight excluding hydrogens is 405 g/mol. The molecule has 0 bridgehead atoms. The lowest BCUT2D eigenvalue weighted by molar-refractivity contribution is -0.142. The smallest absolute Gasteiger partial charge is 0.383 e. The molecule has 0 radical (unpaired) electrons. The Morgan fingerprint density at radius 1 is 1.00 bits per heavy atom. The Hall–Kier alpha value is -3.42. The van der Waals surface area contributed by atoms with Crippen LogP contribution in [0.15, 0.2) is 59.6 Å². The first-order chi connectivity index (χ1) is 14.8. The predicted octanol–water partition coefficient (Wildman–Crippen LogP) is 4.38. The first-order valence-electron chi connectivity index (χ1n) is 10.0. The summed E-state index contributed by atoms with van der Waals surface area (Å²) in [6, 6.07) is 17.0. The number of fused-ring (bicyclic) bond motifs is 1. The second-order valence-electron chi connectivity index (χ2n) is 7.47. The van der Waals surface area contributed by atoms with Crippen LogP contribution in [0, 0.1) is 0 Å². The van der Waals surface area contributed by atoms with E-state index in [1.54, 1.807) is 12.1 Å². The van der Waals surface area contributed by atoms with E-state index in [1.807, 2.05) is 42.5 Å². The molecule has 2 aromatic carbocycles. The normalized spacial score (nSPS) is 14.4. The fourth-order valence-electron chi connectivity index (χ4n) is 3.86. The molecule has 0 fully saturated rings. The lowest BCUT2D eigenvalue weighted by atomic mass is 9.95. The van der Waals surface area contributed by atoms with Crippen LogP contribution in [0.1, 0.15) is 35.4 Å². The van der Waals surface area contributed by atoms with Gasteiger partial charge in [-0.25, -0.2) is 0 Å². The van der Waals surface area contributed by atoms with Gasteiger partial charge < -0.3 is 5.73 Å².